The topological polar surface area (TPSA) is 75.4 Å². The van der Waals surface area contributed by atoms with Gasteiger partial charge in [-0.3, -0.25) is 9.69 Å². The number of carbonyl (C=O) groups is 2. The fourth-order valence-corrected chi connectivity index (χ4v) is 3.48. The molecule has 4 rings (SSSR count). The van der Waals surface area contributed by atoms with Crippen LogP contribution in [0.1, 0.15) is 43.9 Å². The highest BCUT2D eigenvalue weighted by molar-refractivity contribution is 6.09. The summed E-state index contributed by atoms with van der Waals surface area (Å²) in [6.45, 7) is 5.74. The summed E-state index contributed by atoms with van der Waals surface area (Å²) in [4.78, 5) is 31.1. The first-order valence-corrected chi connectivity index (χ1v) is 8.97. The van der Waals surface area contributed by atoms with Crippen LogP contribution in [0.2, 0.25) is 0 Å². The molecule has 138 valence electrons. The number of nitrogens with one attached hydrogen (secondary N) is 1. The Morgan fingerprint density at radius 3 is 2.63 bits per heavy atom. The predicted octanol–water partition coefficient (Wildman–Crippen LogP) is 3.92. The van der Waals surface area contributed by atoms with Gasteiger partial charge < -0.3 is 9.73 Å². The molecule has 0 spiro atoms. The molecule has 3 amide bonds. The zero-order valence-electron chi connectivity index (χ0n) is 15.5. The first-order chi connectivity index (χ1) is 12.9. The third-order valence-electron chi connectivity index (χ3n) is 5.04. The van der Waals surface area contributed by atoms with Crippen molar-refractivity contribution in [3.63, 3.8) is 0 Å². The average Bonchev–Trinajstić information content (AvgIpc) is 3.21. The van der Waals surface area contributed by atoms with Crippen molar-refractivity contribution in [3.05, 3.63) is 65.9 Å². The van der Waals surface area contributed by atoms with Crippen molar-refractivity contribution < 1.29 is 14.0 Å². The number of benzene rings is 2. The molecule has 1 aliphatic rings. The molecule has 1 aromatic heterocycles. The van der Waals surface area contributed by atoms with E-state index >= 15 is 0 Å². The molecule has 0 saturated carbocycles. The molecule has 0 radical (unpaired) electrons. The van der Waals surface area contributed by atoms with E-state index < -0.39 is 11.6 Å². The van der Waals surface area contributed by atoms with Crippen LogP contribution in [0.3, 0.4) is 0 Å². The van der Waals surface area contributed by atoms with Crippen LogP contribution in [-0.2, 0) is 16.9 Å². The van der Waals surface area contributed by atoms with Crippen LogP contribution in [0.25, 0.3) is 10.8 Å². The Morgan fingerprint density at radius 2 is 1.89 bits per heavy atom. The van der Waals surface area contributed by atoms with Gasteiger partial charge in [-0.1, -0.05) is 56.3 Å². The van der Waals surface area contributed by atoms with Crippen molar-refractivity contribution in [2.45, 2.75) is 38.8 Å². The number of urea groups is 1. The summed E-state index contributed by atoms with van der Waals surface area (Å²) in [6, 6.07) is 13.1. The largest absolute Gasteiger partial charge is 0.443 e. The lowest BCUT2D eigenvalue weighted by Gasteiger charge is -2.23. The first kappa shape index (κ1) is 17.3. The van der Waals surface area contributed by atoms with Crippen molar-refractivity contribution in [1.29, 1.82) is 0 Å². The number of imide groups is 1. The molecule has 3 aromatic rings. The van der Waals surface area contributed by atoms with E-state index in [0.717, 1.165) is 27.0 Å². The molecule has 27 heavy (non-hydrogen) atoms. The third kappa shape index (κ3) is 2.77. The van der Waals surface area contributed by atoms with Gasteiger partial charge in [-0.05, 0) is 23.3 Å². The van der Waals surface area contributed by atoms with Crippen molar-refractivity contribution >= 4 is 22.7 Å². The van der Waals surface area contributed by atoms with E-state index in [1.54, 1.807) is 13.1 Å². The molecule has 1 atom stereocenters. The van der Waals surface area contributed by atoms with Crippen molar-refractivity contribution in [2.75, 3.05) is 0 Å². The van der Waals surface area contributed by atoms with E-state index in [1.807, 2.05) is 56.3 Å². The van der Waals surface area contributed by atoms with E-state index in [2.05, 4.69) is 10.3 Å². The van der Waals surface area contributed by atoms with Gasteiger partial charge in [0.1, 0.15) is 17.8 Å². The number of rotatable bonds is 4. The van der Waals surface area contributed by atoms with Crippen LogP contribution < -0.4 is 5.32 Å². The Bertz CT molecular complexity index is 1030. The molecule has 1 saturated heterocycles. The highest BCUT2D eigenvalue weighted by Crippen LogP contribution is 2.34. The van der Waals surface area contributed by atoms with Gasteiger partial charge in [-0.25, -0.2) is 9.78 Å². The highest BCUT2D eigenvalue weighted by atomic mass is 16.4. The molecule has 0 aliphatic carbocycles. The lowest BCUT2D eigenvalue weighted by atomic mass is 9.88. The van der Waals surface area contributed by atoms with Crippen LogP contribution in [0.4, 0.5) is 4.79 Å². The number of aromatic nitrogens is 1. The summed E-state index contributed by atoms with van der Waals surface area (Å²) in [5.41, 5.74) is -0.359. The molecule has 1 N–H and O–H groups in total. The maximum Gasteiger partial charge on any atom is 0.325 e. The van der Waals surface area contributed by atoms with Gasteiger partial charge in [0.15, 0.2) is 0 Å². The summed E-state index contributed by atoms with van der Waals surface area (Å²) in [5, 5.41) is 4.82. The quantitative estimate of drug-likeness (QED) is 0.713. The Kier molecular flexibility index (Phi) is 3.98. The zero-order valence-corrected chi connectivity index (χ0v) is 15.5. The molecule has 0 bridgehead atoms. The average molecular weight is 363 g/mol. The standard InChI is InChI=1S/C21H21N3O3/c1-13(2)17-11-22-18(27-17)12-24-19(25)21(3,23-20(24)26)16-10-6-8-14-7-4-5-9-15(14)16/h4-11,13H,12H2,1-3H3,(H,23,26)/t21-/m0/s1. The van der Waals surface area contributed by atoms with Crippen LogP contribution in [0.5, 0.6) is 0 Å². The minimum atomic E-state index is -1.13. The fraction of sp³-hybridized carbons (Fsp3) is 0.286. The SMILES string of the molecule is CC(C)c1cnc(CN2C(=O)N[C@@](C)(c3cccc4ccccc34)C2=O)o1. The van der Waals surface area contributed by atoms with E-state index in [9.17, 15) is 9.59 Å². The Hall–Kier alpha value is -3.15. The smallest absolute Gasteiger partial charge is 0.325 e. The van der Waals surface area contributed by atoms with E-state index in [1.165, 1.54) is 0 Å². The first-order valence-electron chi connectivity index (χ1n) is 8.97. The minimum absolute atomic E-state index is 0.0116. The highest BCUT2D eigenvalue weighted by Gasteiger charge is 2.49. The molecule has 1 fully saturated rings. The van der Waals surface area contributed by atoms with Crippen molar-refractivity contribution in [3.8, 4) is 0 Å². The number of fused-ring (bicyclic) bond motifs is 1. The monoisotopic (exact) mass is 363 g/mol. The lowest BCUT2D eigenvalue weighted by Crippen LogP contribution is -2.41. The van der Waals surface area contributed by atoms with E-state index in [-0.39, 0.29) is 18.4 Å². The van der Waals surface area contributed by atoms with Crippen LogP contribution in [0.15, 0.2) is 53.1 Å². The van der Waals surface area contributed by atoms with Gasteiger partial charge in [-0.15, -0.1) is 0 Å². The Balaban J connectivity index is 1.68. The van der Waals surface area contributed by atoms with Crippen LogP contribution in [0, 0.1) is 0 Å². The molecule has 2 heterocycles. The predicted molar refractivity (Wildman–Crippen MR) is 101 cm³/mol. The maximum atomic E-state index is 13.2. The van der Waals surface area contributed by atoms with Gasteiger partial charge >= 0.3 is 6.03 Å². The normalized spacial score (nSPS) is 19.9. The number of carbonyl (C=O) groups excluding carboxylic acids is 2. The number of amides is 3. The Morgan fingerprint density at radius 1 is 1.15 bits per heavy atom. The fourth-order valence-electron chi connectivity index (χ4n) is 3.48. The number of hydrogen-bond donors (Lipinski definition) is 1. The second-order valence-electron chi connectivity index (χ2n) is 7.28. The summed E-state index contributed by atoms with van der Waals surface area (Å²) in [6.07, 6.45) is 1.64. The molecule has 0 unspecified atom stereocenters. The van der Waals surface area contributed by atoms with Crippen molar-refractivity contribution in [1.82, 2.24) is 15.2 Å². The Labute approximate surface area is 157 Å². The molecule has 6 heteroatoms. The van der Waals surface area contributed by atoms with Crippen molar-refractivity contribution in [2.24, 2.45) is 0 Å². The summed E-state index contributed by atoms with van der Waals surface area (Å²) < 4.78 is 5.66. The van der Waals surface area contributed by atoms with Gasteiger partial charge in [0.05, 0.1) is 6.20 Å². The molecule has 6 nitrogen and oxygen atoms in total. The third-order valence-corrected chi connectivity index (χ3v) is 5.04. The summed E-state index contributed by atoms with van der Waals surface area (Å²) in [5.74, 6) is 0.960. The zero-order chi connectivity index (χ0) is 19.2. The second kappa shape index (κ2) is 6.23. The maximum absolute atomic E-state index is 13.2. The molecular formula is C21H21N3O3. The van der Waals surface area contributed by atoms with Gasteiger partial charge in [0.2, 0.25) is 5.89 Å². The molecule has 1 aliphatic heterocycles. The molecule has 2 aromatic carbocycles. The summed E-state index contributed by atoms with van der Waals surface area (Å²) >= 11 is 0. The second-order valence-corrected chi connectivity index (χ2v) is 7.28. The van der Waals surface area contributed by atoms with Gasteiger partial charge in [-0.2, -0.15) is 0 Å². The number of hydrogen-bond acceptors (Lipinski definition) is 4. The van der Waals surface area contributed by atoms with Gasteiger partial charge in [0, 0.05) is 5.92 Å². The number of oxazole rings is 1. The summed E-state index contributed by atoms with van der Waals surface area (Å²) in [7, 11) is 0. The van der Waals surface area contributed by atoms with E-state index in [0.29, 0.717) is 5.89 Å². The number of nitrogens with zero attached hydrogens (tertiary/aromatic N) is 2. The van der Waals surface area contributed by atoms with Gasteiger partial charge in [0.25, 0.3) is 5.91 Å². The lowest BCUT2D eigenvalue weighted by molar-refractivity contribution is -0.131. The van der Waals surface area contributed by atoms with E-state index in [4.69, 9.17) is 4.42 Å². The minimum Gasteiger partial charge on any atom is -0.443 e. The molecular weight excluding hydrogens is 342 g/mol. The van der Waals surface area contributed by atoms with Crippen LogP contribution >= 0.6 is 0 Å². The van der Waals surface area contributed by atoms with Crippen LogP contribution in [-0.4, -0.2) is 21.8 Å².